The van der Waals surface area contributed by atoms with Crippen molar-refractivity contribution in [2.24, 2.45) is 11.1 Å². The molecule has 0 fully saturated rings. The molecule has 0 saturated heterocycles. The van der Waals surface area contributed by atoms with Crippen LogP contribution >= 0.6 is 0 Å². The van der Waals surface area contributed by atoms with Crippen molar-refractivity contribution in [3.63, 3.8) is 0 Å². The molecule has 0 aromatic heterocycles. The Labute approximate surface area is 122 Å². The van der Waals surface area contributed by atoms with E-state index in [0.29, 0.717) is 19.5 Å². The first-order valence-electron chi connectivity index (χ1n) is 7.23. The molecule has 118 valence electrons. The molecule has 0 aliphatic rings. The van der Waals surface area contributed by atoms with Crippen LogP contribution in [0.1, 0.15) is 47.5 Å². The van der Waals surface area contributed by atoms with E-state index < -0.39 is 0 Å². The van der Waals surface area contributed by atoms with Crippen LogP contribution in [0.3, 0.4) is 0 Å². The molecule has 0 aliphatic carbocycles. The summed E-state index contributed by atoms with van der Waals surface area (Å²) in [7, 11) is 0. The monoisotopic (exact) mass is 285 g/mol. The second-order valence-corrected chi connectivity index (χ2v) is 6.64. The van der Waals surface area contributed by atoms with Gasteiger partial charge in [-0.1, -0.05) is 34.6 Å². The molecule has 6 N–H and O–H groups in total. The van der Waals surface area contributed by atoms with Gasteiger partial charge in [0.15, 0.2) is 5.96 Å². The summed E-state index contributed by atoms with van der Waals surface area (Å²) in [5, 5.41) is 16.1. The van der Waals surface area contributed by atoms with E-state index in [1.165, 1.54) is 0 Å². The highest BCUT2D eigenvalue weighted by molar-refractivity contribution is 5.81. The van der Waals surface area contributed by atoms with Gasteiger partial charge in [0.2, 0.25) is 5.91 Å². The SMILES string of the molecule is CC(C)NC(CCCNC(=N)N)C(=O)NCC(C)(C)C. The van der Waals surface area contributed by atoms with E-state index in [1.807, 2.05) is 13.8 Å². The first-order chi connectivity index (χ1) is 9.11. The molecule has 1 amide bonds. The van der Waals surface area contributed by atoms with Gasteiger partial charge in [-0.15, -0.1) is 0 Å². The average Bonchev–Trinajstić information content (AvgIpc) is 2.28. The van der Waals surface area contributed by atoms with Gasteiger partial charge in [-0.05, 0) is 18.3 Å². The highest BCUT2D eigenvalue weighted by Crippen LogP contribution is 2.10. The summed E-state index contributed by atoms with van der Waals surface area (Å²) in [5.41, 5.74) is 5.30. The molecule has 20 heavy (non-hydrogen) atoms. The van der Waals surface area contributed by atoms with Crippen molar-refractivity contribution < 1.29 is 4.79 Å². The van der Waals surface area contributed by atoms with Gasteiger partial charge in [-0.2, -0.15) is 0 Å². The van der Waals surface area contributed by atoms with Crippen LogP contribution in [0.2, 0.25) is 0 Å². The summed E-state index contributed by atoms with van der Waals surface area (Å²) in [6, 6.07) is 0.0484. The van der Waals surface area contributed by atoms with Gasteiger partial charge in [0.05, 0.1) is 6.04 Å². The van der Waals surface area contributed by atoms with Crippen LogP contribution in [0.5, 0.6) is 0 Å². The fourth-order valence-corrected chi connectivity index (χ4v) is 1.70. The van der Waals surface area contributed by atoms with Gasteiger partial charge in [0.25, 0.3) is 0 Å². The number of hydrogen-bond donors (Lipinski definition) is 5. The fourth-order valence-electron chi connectivity index (χ4n) is 1.70. The Kier molecular flexibility index (Phi) is 8.22. The molecule has 0 radical (unpaired) electrons. The van der Waals surface area contributed by atoms with Crippen molar-refractivity contribution in [3.8, 4) is 0 Å². The Balaban J connectivity index is 4.25. The van der Waals surface area contributed by atoms with Crippen LogP contribution in [0.4, 0.5) is 0 Å². The number of nitrogens with one attached hydrogen (secondary N) is 4. The minimum atomic E-state index is -0.203. The van der Waals surface area contributed by atoms with Crippen LogP contribution in [0.25, 0.3) is 0 Å². The number of guanidine groups is 1. The Morgan fingerprint density at radius 3 is 2.30 bits per heavy atom. The zero-order chi connectivity index (χ0) is 15.8. The summed E-state index contributed by atoms with van der Waals surface area (Å²) in [6.45, 7) is 11.6. The van der Waals surface area contributed by atoms with E-state index in [0.717, 1.165) is 6.42 Å². The van der Waals surface area contributed by atoms with Crippen molar-refractivity contribution in [1.29, 1.82) is 5.41 Å². The lowest BCUT2D eigenvalue weighted by atomic mass is 9.96. The molecule has 0 rings (SSSR count). The predicted molar refractivity (Wildman–Crippen MR) is 83.7 cm³/mol. The second kappa shape index (κ2) is 8.79. The van der Waals surface area contributed by atoms with Crippen LogP contribution in [-0.4, -0.2) is 37.0 Å². The quantitative estimate of drug-likeness (QED) is 0.258. The number of rotatable bonds is 8. The third-order valence-electron chi connectivity index (χ3n) is 2.63. The Morgan fingerprint density at radius 2 is 1.85 bits per heavy atom. The lowest BCUT2D eigenvalue weighted by molar-refractivity contribution is -0.123. The number of hydrogen-bond acceptors (Lipinski definition) is 3. The normalized spacial score (nSPS) is 13.1. The highest BCUT2D eigenvalue weighted by Gasteiger charge is 2.20. The summed E-state index contributed by atoms with van der Waals surface area (Å²) >= 11 is 0. The van der Waals surface area contributed by atoms with Gasteiger partial charge in [-0.25, -0.2) is 0 Å². The number of nitrogens with two attached hydrogens (primary N) is 1. The molecular formula is C14H31N5O. The van der Waals surface area contributed by atoms with E-state index in [1.54, 1.807) is 0 Å². The van der Waals surface area contributed by atoms with Crippen molar-refractivity contribution >= 4 is 11.9 Å². The van der Waals surface area contributed by atoms with Gasteiger partial charge in [0.1, 0.15) is 0 Å². The molecule has 0 aliphatic heterocycles. The molecule has 0 heterocycles. The zero-order valence-corrected chi connectivity index (χ0v) is 13.5. The third kappa shape index (κ3) is 10.6. The lowest BCUT2D eigenvalue weighted by Crippen LogP contribution is -2.48. The summed E-state index contributed by atoms with van der Waals surface area (Å²) < 4.78 is 0. The molecule has 0 saturated carbocycles. The van der Waals surface area contributed by atoms with E-state index in [2.05, 4.69) is 36.7 Å². The van der Waals surface area contributed by atoms with Gasteiger partial charge in [-0.3, -0.25) is 10.2 Å². The molecular weight excluding hydrogens is 254 g/mol. The van der Waals surface area contributed by atoms with E-state index in [-0.39, 0.29) is 29.4 Å². The maximum absolute atomic E-state index is 12.2. The smallest absolute Gasteiger partial charge is 0.237 e. The molecule has 1 unspecified atom stereocenters. The Bertz CT molecular complexity index is 309. The molecule has 0 bridgehead atoms. The number of carbonyl (C=O) groups is 1. The van der Waals surface area contributed by atoms with Crippen LogP contribution < -0.4 is 21.7 Å². The van der Waals surface area contributed by atoms with Gasteiger partial charge in [0, 0.05) is 19.1 Å². The van der Waals surface area contributed by atoms with Crippen molar-refractivity contribution in [2.75, 3.05) is 13.1 Å². The van der Waals surface area contributed by atoms with Gasteiger partial charge < -0.3 is 21.7 Å². The summed E-state index contributed by atoms with van der Waals surface area (Å²) in [4.78, 5) is 12.2. The maximum Gasteiger partial charge on any atom is 0.237 e. The Hall–Kier alpha value is -1.30. The van der Waals surface area contributed by atoms with Crippen LogP contribution in [-0.2, 0) is 4.79 Å². The second-order valence-electron chi connectivity index (χ2n) is 6.64. The molecule has 6 nitrogen and oxygen atoms in total. The van der Waals surface area contributed by atoms with Crippen LogP contribution in [0.15, 0.2) is 0 Å². The molecule has 0 aromatic rings. The van der Waals surface area contributed by atoms with Crippen molar-refractivity contribution in [1.82, 2.24) is 16.0 Å². The predicted octanol–water partition coefficient (Wildman–Crippen LogP) is 0.779. The Morgan fingerprint density at radius 1 is 1.25 bits per heavy atom. The first kappa shape index (κ1) is 18.7. The van der Waals surface area contributed by atoms with Gasteiger partial charge >= 0.3 is 0 Å². The standard InChI is InChI=1S/C14H31N5O/c1-10(2)19-11(7-6-8-17-13(15)16)12(20)18-9-14(3,4)5/h10-11,19H,6-9H2,1-5H3,(H,18,20)(H4,15,16,17). The third-order valence-corrected chi connectivity index (χ3v) is 2.63. The fraction of sp³-hybridized carbons (Fsp3) is 0.857. The minimum absolute atomic E-state index is 0.0319. The van der Waals surface area contributed by atoms with E-state index in [4.69, 9.17) is 11.1 Å². The first-order valence-corrected chi connectivity index (χ1v) is 7.23. The molecule has 1 atom stereocenters. The van der Waals surface area contributed by atoms with E-state index in [9.17, 15) is 4.79 Å². The van der Waals surface area contributed by atoms with Crippen LogP contribution in [0, 0.1) is 10.8 Å². The van der Waals surface area contributed by atoms with Crippen molar-refractivity contribution in [3.05, 3.63) is 0 Å². The molecule has 0 aromatic carbocycles. The maximum atomic E-state index is 12.2. The van der Waals surface area contributed by atoms with E-state index >= 15 is 0 Å². The minimum Gasteiger partial charge on any atom is -0.370 e. The summed E-state index contributed by atoms with van der Waals surface area (Å²) in [6.07, 6.45) is 1.50. The summed E-state index contributed by atoms with van der Waals surface area (Å²) in [5.74, 6) is 0.00648. The number of amides is 1. The topological polar surface area (TPSA) is 103 Å². The highest BCUT2D eigenvalue weighted by atomic mass is 16.2. The lowest BCUT2D eigenvalue weighted by Gasteiger charge is -2.24. The molecule has 0 spiro atoms. The average molecular weight is 285 g/mol. The zero-order valence-electron chi connectivity index (χ0n) is 13.5. The largest absolute Gasteiger partial charge is 0.370 e. The number of carbonyl (C=O) groups excluding carboxylic acids is 1. The molecule has 6 heteroatoms. The van der Waals surface area contributed by atoms with Crippen molar-refractivity contribution in [2.45, 2.75) is 59.5 Å².